The fraction of sp³-hybridized carbons (Fsp3) is 0.667. The highest BCUT2D eigenvalue weighted by atomic mass is 16.3. The number of pyridine rings is 1. The van der Waals surface area contributed by atoms with Gasteiger partial charge in [-0.05, 0) is 50.3 Å². The Hall–Kier alpha value is -1.09. The van der Waals surface area contributed by atoms with Gasteiger partial charge in [0.25, 0.3) is 0 Å². The van der Waals surface area contributed by atoms with Crippen molar-refractivity contribution in [2.24, 2.45) is 5.41 Å². The van der Waals surface area contributed by atoms with Gasteiger partial charge in [-0.1, -0.05) is 13.8 Å². The van der Waals surface area contributed by atoms with Gasteiger partial charge in [0.1, 0.15) is 5.75 Å². The van der Waals surface area contributed by atoms with Gasteiger partial charge in [-0.3, -0.25) is 9.88 Å². The molecule has 0 bridgehead atoms. The van der Waals surface area contributed by atoms with Crippen molar-refractivity contribution in [3.63, 3.8) is 0 Å². The predicted molar refractivity (Wildman–Crippen MR) is 73.5 cm³/mol. The van der Waals surface area contributed by atoms with Crippen molar-refractivity contribution in [1.82, 2.24) is 9.88 Å². The maximum atomic E-state index is 9.85. The lowest BCUT2D eigenvalue weighted by Gasteiger charge is -2.26. The van der Waals surface area contributed by atoms with Crippen LogP contribution in [0.4, 0.5) is 0 Å². The SMILES string of the molecule is CCC1(CC)CCN(Cc2nc(C)ccc2O)C1. The van der Waals surface area contributed by atoms with Gasteiger partial charge in [-0.15, -0.1) is 0 Å². The minimum atomic E-state index is 0.325. The van der Waals surface area contributed by atoms with Crippen molar-refractivity contribution >= 4 is 0 Å². The summed E-state index contributed by atoms with van der Waals surface area (Å²) in [7, 11) is 0. The van der Waals surface area contributed by atoms with E-state index in [0.717, 1.165) is 31.0 Å². The second-order valence-electron chi connectivity index (χ2n) is 5.59. The van der Waals surface area contributed by atoms with Crippen LogP contribution in [0.1, 0.15) is 44.5 Å². The second-order valence-corrected chi connectivity index (χ2v) is 5.59. The smallest absolute Gasteiger partial charge is 0.138 e. The monoisotopic (exact) mass is 248 g/mol. The lowest BCUT2D eigenvalue weighted by Crippen LogP contribution is -2.26. The molecule has 0 aromatic carbocycles. The fourth-order valence-corrected chi connectivity index (χ4v) is 2.92. The second kappa shape index (κ2) is 5.27. The molecular weight excluding hydrogens is 224 g/mol. The highest BCUT2D eigenvalue weighted by molar-refractivity contribution is 5.27. The molecule has 2 rings (SSSR count). The van der Waals surface area contributed by atoms with E-state index in [4.69, 9.17) is 0 Å². The van der Waals surface area contributed by atoms with Gasteiger partial charge in [-0.2, -0.15) is 0 Å². The number of likely N-dealkylation sites (tertiary alicyclic amines) is 1. The standard InChI is InChI=1S/C15H24N2O/c1-4-15(5-2)8-9-17(11-15)10-13-14(18)7-6-12(3)16-13/h6-7,18H,4-5,8-11H2,1-3H3. The summed E-state index contributed by atoms with van der Waals surface area (Å²) in [6.45, 7) is 9.57. The summed E-state index contributed by atoms with van der Waals surface area (Å²) in [5.41, 5.74) is 2.27. The van der Waals surface area contributed by atoms with Crippen LogP contribution in [0.2, 0.25) is 0 Å². The topological polar surface area (TPSA) is 36.4 Å². The molecule has 3 heteroatoms. The maximum Gasteiger partial charge on any atom is 0.138 e. The van der Waals surface area contributed by atoms with Crippen LogP contribution >= 0.6 is 0 Å². The Morgan fingerprint density at radius 2 is 2.06 bits per heavy atom. The number of rotatable bonds is 4. The molecular formula is C15H24N2O. The van der Waals surface area contributed by atoms with Crippen molar-refractivity contribution < 1.29 is 5.11 Å². The normalized spacial score (nSPS) is 19.3. The van der Waals surface area contributed by atoms with E-state index in [1.54, 1.807) is 6.07 Å². The number of aromatic hydroxyl groups is 1. The van der Waals surface area contributed by atoms with Gasteiger partial charge < -0.3 is 5.11 Å². The minimum Gasteiger partial charge on any atom is -0.506 e. The third kappa shape index (κ3) is 2.66. The molecule has 1 aromatic rings. The van der Waals surface area contributed by atoms with Crippen LogP contribution in [0.25, 0.3) is 0 Å². The summed E-state index contributed by atoms with van der Waals surface area (Å²) in [6.07, 6.45) is 3.76. The van der Waals surface area contributed by atoms with Gasteiger partial charge in [0.05, 0.1) is 5.69 Å². The third-order valence-electron chi connectivity index (χ3n) is 4.48. The highest BCUT2D eigenvalue weighted by Crippen LogP contribution is 2.37. The van der Waals surface area contributed by atoms with Crippen LogP contribution in [-0.4, -0.2) is 28.1 Å². The number of hydrogen-bond donors (Lipinski definition) is 1. The Labute approximate surface area is 110 Å². The van der Waals surface area contributed by atoms with E-state index in [9.17, 15) is 5.11 Å². The van der Waals surface area contributed by atoms with E-state index in [2.05, 4.69) is 23.7 Å². The molecule has 3 nitrogen and oxygen atoms in total. The molecule has 100 valence electrons. The zero-order valence-corrected chi connectivity index (χ0v) is 11.7. The first kappa shape index (κ1) is 13.3. The van der Waals surface area contributed by atoms with Crippen LogP contribution in [0.3, 0.4) is 0 Å². The summed E-state index contributed by atoms with van der Waals surface area (Å²) >= 11 is 0. The van der Waals surface area contributed by atoms with Crippen LogP contribution in [0, 0.1) is 12.3 Å². The van der Waals surface area contributed by atoms with Crippen molar-refractivity contribution in [2.45, 2.75) is 46.6 Å². The molecule has 0 radical (unpaired) electrons. The Kier molecular flexibility index (Phi) is 3.91. The van der Waals surface area contributed by atoms with E-state index >= 15 is 0 Å². The Morgan fingerprint density at radius 3 is 2.67 bits per heavy atom. The summed E-state index contributed by atoms with van der Waals surface area (Å²) < 4.78 is 0. The molecule has 0 spiro atoms. The van der Waals surface area contributed by atoms with E-state index in [1.807, 2.05) is 13.0 Å². The first-order valence-electron chi connectivity index (χ1n) is 6.96. The Morgan fingerprint density at radius 1 is 1.33 bits per heavy atom. The molecule has 18 heavy (non-hydrogen) atoms. The van der Waals surface area contributed by atoms with Crippen LogP contribution in [0.5, 0.6) is 5.75 Å². The quantitative estimate of drug-likeness (QED) is 0.889. The van der Waals surface area contributed by atoms with Crippen LogP contribution in [0.15, 0.2) is 12.1 Å². The number of aromatic nitrogens is 1. The lowest BCUT2D eigenvalue weighted by molar-refractivity contribution is 0.233. The first-order valence-corrected chi connectivity index (χ1v) is 6.96. The van der Waals surface area contributed by atoms with E-state index < -0.39 is 0 Å². The summed E-state index contributed by atoms with van der Waals surface area (Å²) in [4.78, 5) is 6.87. The fourth-order valence-electron chi connectivity index (χ4n) is 2.92. The molecule has 0 aliphatic carbocycles. The average Bonchev–Trinajstić information content (AvgIpc) is 2.78. The summed E-state index contributed by atoms with van der Waals surface area (Å²) in [6, 6.07) is 3.60. The Bertz CT molecular complexity index is 413. The molecule has 1 aromatic heterocycles. The number of aryl methyl sites for hydroxylation is 1. The maximum absolute atomic E-state index is 9.85. The Balaban J connectivity index is 2.05. The zero-order valence-electron chi connectivity index (χ0n) is 11.7. The summed E-state index contributed by atoms with van der Waals surface area (Å²) in [5.74, 6) is 0.325. The van der Waals surface area contributed by atoms with Gasteiger partial charge in [0, 0.05) is 18.8 Å². The highest BCUT2D eigenvalue weighted by Gasteiger charge is 2.34. The predicted octanol–water partition coefficient (Wildman–Crippen LogP) is 3.11. The molecule has 1 saturated heterocycles. The molecule has 1 aliphatic heterocycles. The number of nitrogens with zero attached hydrogens (tertiary/aromatic N) is 2. The third-order valence-corrected chi connectivity index (χ3v) is 4.48. The van der Waals surface area contributed by atoms with Crippen molar-refractivity contribution in [1.29, 1.82) is 0 Å². The van der Waals surface area contributed by atoms with E-state index in [0.29, 0.717) is 11.2 Å². The minimum absolute atomic E-state index is 0.325. The van der Waals surface area contributed by atoms with Crippen molar-refractivity contribution in [3.05, 3.63) is 23.5 Å². The van der Waals surface area contributed by atoms with Crippen LogP contribution in [-0.2, 0) is 6.54 Å². The lowest BCUT2D eigenvalue weighted by atomic mass is 9.82. The molecule has 0 unspecified atom stereocenters. The van der Waals surface area contributed by atoms with Gasteiger partial charge in [-0.25, -0.2) is 0 Å². The molecule has 0 atom stereocenters. The molecule has 0 amide bonds. The molecule has 2 heterocycles. The summed E-state index contributed by atoms with van der Waals surface area (Å²) in [5, 5.41) is 9.85. The molecule has 1 N–H and O–H groups in total. The molecule has 1 aliphatic rings. The largest absolute Gasteiger partial charge is 0.506 e. The van der Waals surface area contributed by atoms with E-state index in [-0.39, 0.29) is 0 Å². The first-order chi connectivity index (χ1) is 8.58. The van der Waals surface area contributed by atoms with Crippen molar-refractivity contribution in [3.8, 4) is 5.75 Å². The average molecular weight is 248 g/mol. The van der Waals surface area contributed by atoms with Gasteiger partial charge >= 0.3 is 0 Å². The van der Waals surface area contributed by atoms with Gasteiger partial charge in [0.2, 0.25) is 0 Å². The van der Waals surface area contributed by atoms with Crippen molar-refractivity contribution in [2.75, 3.05) is 13.1 Å². The molecule has 1 fully saturated rings. The van der Waals surface area contributed by atoms with E-state index in [1.165, 1.54) is 19.3 Å². The zero-order chi connectivity index (χ0) is 13.2. The molecule has 0 saturated carbocycles. The van der Waals surface area contributed by atoms with Crippen LogP contribution < -0.4 is 0 Å². The van der Waals surface area contributed by atoms with Gasteiger partial charge in [0.15, 0.2) is 0 Å². The number of hydrogen-bond acceptors (Lipinski definition) is 3.